The zero-order valence-electron chi connectivity index (χ0n) is 14.1. The monoisotopic (exact) mass is 342 g/mol. The Labute approximate surface area is 144 Å². The van der Waals surface area contributed by atoms with E-state index in [9.17, 15) is 14.9 Å². The van der Waals surface area contributed by atoms with Crippen LogP contribution in [0.15, 0.2) is 34.9 Å². The van der Waals surface area contributed by atoms with Crippen molar-refractivity contribution < 1.29 is 9.72 Å². The van der Waals surface area contributed by atoms with Crippen LogP contribution in [0.2, 0.25) is 0 Å². The number of nitrogens with one attached hydrogen (secondary N) is 2. The molecule has 2 rings (SSSR count). The van der Waals surface area contributed by atoms with E-state index in [1.54, 1.807) is 0 Å². The summed E-state index contributed by atoms with van der Waals surface area (Å²) in [6, 6.07) is 8.16. The molecule has 0 fully saturated rings. The first kappa shape index (κ1) is 18.0. The van der Waals surface area contributed by atoms with Crippen LogP contribution in [0.4, 0.5) is 5.95 Å². The quantitative estimate of drug-likeness (QED) is 0.474. The second-order valence-corrected chi connectivity index (χ2v) is 5.65. The summed E-state index contributed by atoms with van der Waals surface area (Å²) >= 11 is 0. The van der Waals surface area contributed by atoms with Gasteiger partial charge in [-0.3, -0.25) is 4.79 Å². The van der Waals surface area contributed by atoms with E-state index in [0.29, 0.717) is 5.92 Å². The van der Waals surface area contributed by atoms with Crippen molar-refractivity contribution in [3.05, 3.63) is 56.9 Å². The first-order valence-corrected chi connectivity index (χ1v) is 7.55. The highest BCUT2D eigenvalue weighted by molar-refractivity contribution is 5.92. The van der Waals surface area contributed by atoms with Crippen LogP contribution in [-0.2, 0) is 0 Å². The van der Waals surface area contributed by atoms with Gasteiger partial charge in [0.1, 0.15) is 0 Å². The summed E-state index contributed by atoms with van der Waals surface area (Å²) in [6.45, 7) is 6.10. The van der Waals surface area contributed by atoms with Crippen molar-refractivity contribution in [1.29, 1.82) is 0 Å². The number of H-pyrrole nitrogens is 1. The molecule has 0 saturated carbocycles. The molecule has 0 aliphatic rings. The second-order valence-electron chi connectivity index (χ2n) is 5.65. The van der Waals surface area contributed by atoms with Gasteiger partial charge in [0.05, 0.1) is 6.21 Å². The Kier molecular flexibility index (Phi) is 5.72. The maximum atomic E-state index is 11.7. The predicted octanol–water partition coefficient (Wildman–Crippen LogP) is 2.66. The highest BCUT2D eigenvalue weighted by atomic mass is 16.6. The third kappa shape index (κ3) is 5.06. The molecular weight excluding hydrogens is 324 g/mol. The molecule has 1 amide bonds. The van der Waals surface area contributed by atoms with Crippen LogP contribution in [0.3, 0.4) is 0 Å². The number of hydrazone groups is 1. The zero-order chi connectivity index (χ0) is 18.4. The molecule has 1 aromatic heterocycles. The summed E-state index contributed by atoms with van der Waals surface area (Å²) in [6.07, 6.45) is 3.38. The minimum atomic E-state index is -0.773. The number of nitrogens with zero attached hydrogens (tertiary/aromatic N) is 4. The van der Waals surface area contributed by atoms with Gasteiger partial charge in [0.2, 0.25) is 0 Å². The molecule has 0 unspecified atom stereocenters. The van der Waals surface area contributed by atoms with E-state index >= 15 is 0 Å². The summed E-state index contributed by atoms with van der Waals surface area (Å²) in [5, 5.41) is 19.8. The van der Waals surface area contributed by atoms with E-state index in [-0.39, 0.29) is 5.82 Å². The van der Waals surface area contributed by atoms with Crippen molar-refractivity contribution in [2.45, 2.75) is 26.7 Å². The Bertz CT molecular complexity index is 821. The number of carbonyl (C=O) groups is 1. The number of nitro groups is 1. The number of rotatable bonds is 6. The van der Waals surface area contributed by atoms with Gasteiger partial charge in [0.15, 0.2) is 0 Å². The summed E-state index contributed by atoms with van der Waals surface area (Å²) in [5.74, 6) is -1.22. The summed E-state index contributed by atoms with van der Waals surface area (Å²) in [5.41, 5.74) is 5.31. The van der Waals surface area contributed by atoms with Crippen molar-refractivity contribution in [3.8, 4) is 0 Å². The van der Waals surface area contributed by atoms with Gasteiger partial charge in [-0.05, 0) is 39.4 Å². The maximum absolute atomic E-state index is 11.7. The minimum Gasteiger partial charge on any atom is -0.390 e. The van der Waals surface area contributed by atoms with Gasteiger partial charge in [-0.15, -0.1) is 5.10 Å². The molecule has 9 nitrogen and oxygen atoms in total. The van der Waals surface area contributed by atoms with Crippen LogP contribution in [-0.4, -0.2) is 32.2 Å². The SMILES string of the molecule is CC(/C=N\NC(=O)c1n[nH]c([N+](=O)[O-])n1)=C\c1ccc(C(C)C)cc1. The average Bonchev–Trinajstić information content (AvgIpc) is 3.05. The molecule has 0 spiro atoms. The maximum Gasteiger partial charge on any atom is 0.454 e. The van der Waals surface area contributed by atoms with Gasteiger partial charge >= 0.3 is 17.7 Å². The van der Waals surface area contributed by atoms with Crippen molar-refractivity contribution in [1.82, 2.24) is 20.6 Å². The molecule has 0 aliphatic carbocycles. The number of allylic oxidation sites excluding steroid dienone is 1. The fourth-order valence-corrected chi connectivity index (χ4v) is 1.96. The average molecular weight is 342 g/mol. The molecule has 0 bridgehead atoms. The Morgan fingerprint density at radius 3 is 2.60 bits per heavy atom. The highest BCUT2D eigenvalue weighted by Crippen LogP contribution is 2.15. The van der Waals surface area contributed by atoms with Gasteiger partial charge in [0, 0.05) is 0 Å². The Balaban J connectivity index is 1.95. The van der Waals surface area contributed by atoms with E-state index in [4.69, 9.17) is 0 Å². The van der Waals surface area contributed by atoms with E-state index in [2.05, 4.69) is 46.6 Å². The van der Waals surface area contributed by atoms with Gasteiger partial charge in [-0.1, -0.05) is 49.3 Å². The zero-order valence-corrected chi connectivity index (χ0v) is 14.1. The molecule has 0 radical (unpaired) electrons. The van der Waals surface area contributed by atoms with E-state index in [1.165, 1.54) is 11.8 Å². The van der Waals surface area contributed by atoms with E-state index < -0.39 is 16.8 Å². The molecule has 0 aliphatic heterocycles. The van der Waals surface area contributed by atoms with E-state index in [1.807, 2.05) is 30.2 Å². The molecular formula is C16H18N6O3. The number of aromatic nitrogens is 3. The van der Waals surface area contributed by atoms with Crippen LogP contribution in [0.1, 0.15) is 48.4 Å². The molecule has 0 saturated heterocycles. The number of aromatic amines is 1. The van der Waals surface area contributed by atoms with Crippen molar-refractivity contribution >= 4 is 24.1 Å². The first-order valence-electron chi connectivity index (χ1n) is 7.55. The summed E-state index contributed by atoms with van der Waals surface area (Å²) < 4.78 is 0. The molecule has 9 heteroatoms. The minimum absolute atomic E-state index is 0.352. The molecule has 2 aromatic rings. The molecule has 0 atom stereocenters. The van der Waals surface area contributed by atoms with Gasteiger partial charge < -0.3 is 10.1 Å². The lowest BCUT2D eigenvalue weighted by atomic mass is 10.0. The third-order valence-electron chi connectivity index (χ3n) is 3.28. The van der Waals surface area contributed by atoms with Crippen molar-refractivity contribution in [2.24, 2.45) is 5.10 Å². The second kappa shape index (κ2) is 7.95. The Hall–Kier alpha value is -3.36. The van der Waals surface area contributed by atoms with Gasteiger partial charge in [0.25, 0.3) is 0 Å². The number of hydrogen-bond donors (Lipinski definition) is 2. The van der Waals surface area contributed by atoms with Gasteiger partial charge in [-0.2, -0.15) is 5.10 Å². The number of carbonyl (C=O) groups excluding carboxylic acids is 1. The fourth-order valence-electron chi connectivity index (χ4n) is 1.96. The molecule has 130 valence electrons. The van der Waals surface area contributed by atoms with E-state index in [0.717, 1.165) is 11.1 Å². The Morgan fingerprint density at radius 1 is 1.36 bits per heavy atom. The largest absolute Gasteiger partial charge is 0.454 e. The number of benzene rings is 1. The standard InChI is InChI=1S/C16H18N6O3/c1-10(2)13-6-4-12(5-7-13)8-11(3)9-17-20-15(23)14-18-16(21-19-14)22(24)25/h4-10H,1-3H3,(H,20,23)(H,18,19,21)/b11-8+,17-9-. The van der Waals surface area contributed by atoms with Crippen molar-refractivity contribution in [3.63, 3.8) is 0 Å². The lowest BCUT2D eigenvalue weighted by molar-refractivity contribution is -0.394. The molecule has 1 aromatic carbocycles. The lowest BCUT2D eigenvalue weighted by Crippen LogP contribution is -2.19. The number of amides is 1. The topological polar surface area (TPSA) is 126 Å². The predicted molar refractivity (Wildman–Crippen MR) is 93.2 cm³/mol. The molecule has 25 heavy (non-hydrogen) atoms. The number of hydrogen-bond acceptors (Lipinski definition) is 6. The van der Waals surface area contributed by atoms with Gasteiger partial charge in [-0.25, -0.2) is 5.43 Å². The lowest BCUT2D eigenvalue weighted by Gasteiger charge is -2.04. The summed E-state index contributed by atoms with van der Waals surface area (Å²) in [4.78, 5) is 24.8. The van der Waals surface area contributed by atoms with Crippen LogP contribution in [0, 0.1) is 10.1 Å². The van der Waals surface area contributed by atoms with Crippen LogP contribution >= 0.6 is 0 Å². The highest BCUT2D eigenvalue weighted by Gasteiger charge is 2.20. The van der Waals surface area contributed by atoms with Crippen LogP contribution in [0.5, 0.6) is 0 Å². The van der Waals surface area contributed by atoms with Crippen LogP contribution < -0.4 is 5.43 Å². The summed E-state index contributed by atoms with van der Waals surface area (Å²) in [7, 11) is 0. The first-order chi connectivity index (χ1) is 11.9. The Morgan fingerprint density at radius 2 is 2.04 bits per heavy atom. The molecule has 2 N–H and O–H groups in total. The fraction of sp³-hybridized carbons (Fsp3) is 0.250. The molecule has 1 heterocycles. The van der Waals surface area contributed by atoms with Crippen molar-refractivity contribution in [2.75, 3.05) is 0 Å². The van der Waals surface area contributed by atoms with Crippen LogP contribution in [0.25, 0.3) is 6.08 Å². The normalized spacial score (nSPS) is 11.9. The smallest absolute Gasteiger partial charge is 0.390 e. The third-order valence-corrected chi connectivity index (χ3v) is 3.28.